The number of benzene rings is 2. The maximum Gasteiger partial charge on any atom is 0.260 e. The zero-order valence-electron chi connectivity index (χ0n) is 14.8. The van der Waals surface area contributed by atoms with Gasteiger partial charge in [-0.3, -0.25) is 9.10 Å². The minimum absolute atomic E-state index is 0.362. The van der Waals surface area contributed by atoms with Gasteiger partial charge in [0.25, 0.3) is 5.91 Å². The number of hydrazone groups is 1. The molecule has 0 saturated carbocycles. The van der Waals surface area contributed by atoms with E-state index in [0.29, 0.717) is 11.4 Å². The average Bonchev–Trinajstić information content (AvgIpc) is 2.60. The van der Waals surface area contributed by atoms with Gasteiger partial charge in [-0.2, -0.15) is 5.10 Å². The first kappa shape index (κ1) is 19.5. The number of hydrogen-bond donors (Lipinski definition) is 1. The fourth-order valence-corrected chi connectivity index (χ4v) is 3.20. The molecule has 1 N–H and O–H groups in total. The van der Waals surface area contributed by atoms with E-state index in [1.807, 2.05) is 0 Å². The summed E-state index contributed by atoms with van der Waals surface area (Å²) in [5.41, 5.74) is 4.30. The van der Waals surface area contributed by atoms with E-state index in [2.05, 4.69) is 10.5 Å². The van der Waals surface area contributed by atoms with Crippen LogP contribution in [0.5, 0.6) is 5.75 Å². The average molecular weight is 375 g/mol. The van der Waals surface area contributed by atoms with Crippen molar-refractivity contribution in [2.24, 2.45) is 5.10 Å². The molecular weight excluding hydrogens is 354 g/mol. The predicted molar refractivity (Wildman–Crippen MR) is 102 cm³/mol. The van der Waals surface area contributed by atoms with Crippen LogP contribution < -0.4 is 14.5 Å². The Bertz CT molecular complexity index is 910. The van der Waals surface area contributed by atoms with Crippen LogP contribution in [-0.2, 0) is 14.8 Å². The molecule has 2 rings (SSSR count). The van der Waals surface area contributed by atoms with Crippen molar-refractivity contribution < 1.29 is 17.9 Å². The Balaban J connectivity index is 2.08. The lowest BCUT2D eigenvalue weighted by molar-refractivity contribution is -0.119. The molecule has 7 nitrogen and oxygen atoms in total. The molecule has 0 aliphatic carbocycles. The summed E-state index contributed by atoms with van der Waals surface area (Å²) in [5, 5.41) is 3.87. The van der Waals surface area contributed by atoms with E-state index in [9.17, 15) is 13.2 Å². The number of sulfonamides is 1. The molecule has 1 amide bonds. The van der Waals surface area contributed by atoms with Crippen LogP contribution in [0.25, 0.3) is 0 Å². The van der Waals surface area contributed by atoms with Gasteiger partial charge in [0.1, 0.15) is 12.3 Å². The van der Waals surface area contributed by atoms with E-state index < -0.39 is 15.9 Å². The number of carbonyl (C=O) groups is 1. The first-order valence-corrected chi connectivity index (χ1v) is 9.65. The Morgan fingerprint density at radius 2 is 1.96 bits per heavy atom. The van der Waals surface area contributed by atoms with Crippen molar-refractivity contribution in [3.63, 3.8) is 0 Å². The number of hydrogen-bond acceptors (Lipinski definition) is 5. The number of para-hydroxylation sites is 1. The van der Waals surface area contributed by atoms with Crippen molar-refractivity contribution in [1.29, 1.82) is 0 Å². The van der Waals surface area contributed by atoms with E-state index in [4.69, 9.17) is 4.74 Å². The smallest absolute Gasteiger partial charge is 0.260 e. The molecule has 26 heavy (non-hydrogen) atoms. The summed E-state index contributed by atoms with van der Waals surface area (Å²) in [6, 6.07) is 14.1. The Morgan fingerprint density at radius 1 is 1.23 bits per heavy atom. The molecule has 0 heterocycles. The quantitative estimate of drug-likeness (QED) is 0.592. The van der Waals surface area contributed by atoms with Gasteiger partial charge in [0.15, 0.2) is 0 Å². The summed E-state index contributed by atoms with van der Waals surface area (Å²) in [6.45, 7) is 1.42. The molecule has 0 bridgehead atoms. The number of amides is 1. The third-order valence-corrected chi connectivity index (χ3v) is 4.69. The topological polar surface area (TPSA) is 88.1 Å². The van der Waals surface area contributed by atoms with Crippen LogP contribution in [-0.4, -0.2) is 40.4 Å². The lowest BCUT2D eigenvalue weighted by atomic mass is 10.2. The van der Waals surface area contributed by atoms with E-state index in [-0.39, 0.29) is 6.54 Å². The summed E-state index contributed by atoms with van der Waals surface area (Å²) >= 11 is 0. The molecule has 0 saturated heterocycles. The fraction of sp³-hybridized carbons (Fsp3) is 0.222. The number of carbonyl (C=O) groups excluding carboxylic acids is 1. The highest BCUT2D eigenvalue weighted by molar-refractivity contribution is 7.92. The molecule has 0 radical (unpaired) electrons. The monoisotopic (exact) mass is 375 g/mol. The standard InChI is InChI=1S/C18H21N3O4S/c1-14-7-4-5-10-17(14)21(26(3,23)24)13-18(22)20-19-12-15-8-6-9-16(11-15)25-2/h4-12H,13H2,1-3H3,(H,20,22)/b19-12-. The minimum atomic E-state index is -3.62. The molecule has 0 aliphatic rings. The van der Waals surface area contributed by atoms with Crippen LogP contribution in [0, 0.1) is 6.92 Å². The number of aryl methyl sites for hydroxylation is 1. The van der Waals surface area contributed by atoms with Crippen LogP contribution in [0.15, 0.2) is 53.6 Å². The number of rotatable bonds is 7. The molecule has 0 unspecified atom stereocenters. The van der Waals surface area contributed by atoms with Crippen LogP contribution in [0.2, 0.25) is 0 Å². The summed E-state index contributed by atoms with van der Waals surface area (Å²) in [7, 11) is -2.06. The third kappa shape index (κ3) is 5.32. The van der Waals surface area contributed by atoms with E-state index in [1.165, 1.54) is 6.21 Å². The number of nitrogens with one attached hydrogen (secondary N) is 1. The first-order valence-electron chi connectivity index (χ1n) is 7.80. The second-order valence-corrected chi connectivity index (χ2v) is 7.53. The van der Waals surface area contributed by atoms with Gasteiger partial charge in [-0.15, -0.1) is 0 Å². The lowest BCUT2D eigenvalue weighted by Crippen LogP contribution is -2.39. The van der Waals surface area contributed by atoms with Gasteiger partial charge in [-0.1, -0.05) is 30.3 Å². The molecule has 0 atom stereocenters. The van der Waals surface area contributed by atoms with Crippen molar-refractivity contribution >= 4 is 27.8 Å². The number of methoxy groups -OCH3 is 1. The van der Waals surface area contributed by atoms with Crippen LogP contribution in [0.1, 0.15) is 11.1 Å². The molecule has 138 valence electrons. The van der Waals surface area contributed by atoms with Gasteiger partial charge in [-0.05, 0) is 36.2 Å². The predicted octanol–water partition coefficient (Wildman–Crippen LogP) is 1.92. The van der Waals surface area contributed by atoms with Gasteiger partial charge in [-0.25, -0.2) is 13.8 Å². The first-order chi connectivity index (χ1) is 12.3. The van der Waals surface area contributed by atoms with Crippen LogP contribution in [0.4, 0.5) is 5.69 Å². The zero-order valence-corrected chi connectivity index (χ0v) is 15.7. The van der Waals surface area contributed by atoms with Crippen molar-refractivity contribution in [3.8, 4) is 5.75 Å². The van der Waals surface area contributed by atoms with Gasteiger partial charge in [0.05, 0.1) is 25.3 Å². The van der Waals surface area contributed by atoms with Crippen molar-refractivity contribution in [1.82, 2.24) is 5.43 Å². The molecule has 0 spiro atoms. The maximum absolute atomic E-state index is 12.1. The summed E-state index contributed by atoms with van der Waals surface area (Å²) in [6.07, 6.45) is 2.52. The van der Waals surface area contributed by atoms with Gasteiger partial charge >= 0.3 is 0 Å². The Labute approximate surface area is 153 Å². The molecule has 2 aromatic rings. The van der Waals surface area contributed by atoms with E-state index in [0.717, 1.165) is 21.7 Å². The summed E-state index contributed by atoms with van der Waals surface area (Å²) in [4.78, 5) is 12.1. The fourth-order valence-electron chi connectivity index (χ4n) is 2.29. The van der Waals surface area contributed by atoms with Gasteiger partial charge in [0.2, 0.25) is 10.0 Å². The SMILES string of the molecule is COc1cccc(/C=N\NC(=O)CN(c2ccccc2C)S(C)(=O)=O)c1. The van der Waals surface area contributed by atoms with Crippen molar-refractivity contribution in [2.75, 3.05) is 24.2 Å². The lowest BCUT2D eigenvalue weighted by Gasteiger charge is -2.23. The molecule has 0 fully saturated rings. The third-order valence-electron chi connectivity index (χ3n) is 3.57. The molecular formula is C18H21N3O4S. The number of nitrogens with zero attached hydrogens (tertiary/aromatic N) is 2. The highest BCUT2D eigenvalue weighted by Gasteiger charge is 2.21. The second kappa shape index (κ2) is 8.48. The normalized spacial score (nSPS) is 11.3. The van der Waals surface area contributed by atoms with Gasteiger partial charge in [0, 0.05) is 0 Å². The molecule has 8 heteroatoms. The number of ether oxygens (including phenoxy) is 1. The summed E-state index contributed by atoms with van der Waals surface area (Å²) < 4.78 is 30.3. The molecule has 0 aliphatic heterocycles. The highest BCUT2D eigenvalue weighted by Crippen LogP contribution is 2.21. The van der Waals surface area contributed by atoms with Crippen molar-refractivity contribution in [3.05, 3.63) is 59.7 Å². The molecule has 2 aromatic carbocycles. The van der Waals surface area contributed by atoms with Gasteiger partial charge < -0.3 is 4.74 Å². The maximum atomic E-state index is 12.1. The van der Waals surface area contributed by atoms with Crippen LogP contribution >= 0.6 is 0 Å². The number of anilines is 1. The van der Waals surface area contributed by atoms with Crippen molar-refractivity contribution in [2.45, 2.75) is 6.92 Å². The zero-order chi connectivity index (χ0) is 19.2. The highest BCUT2D eigenvalue weighted by atomic mass is 32.2. The van der Waals surface area contributed by atoms with E-state index in [1.54, 1.807) is 62.6 Å². The molecule has 0 aromatic heterocycles. The Morgan fingerprint density at radius 3 is 2.62 bits per heavy atom. The summed E-state index contributed by atoms with van der Waals surface area (Å²) in [5.74, 6) is 0.126. The Hall–Kier alpha value is -2.87. The second-order valence-electron chi connectivity index (χ2n) is 5.63. The Kier molecular flexibility index (Phi) is 6.35. The van der Waals surface area contributed by atoms with E-state index >= 15 is 0 Å². The van der Waals surface area contributed by atoms with Crippen LogP contribution in [0.3, 0.4) is 0 Å². The minimum Gasteiger partial charge on any atom is -0.497 e. The largest absolute Gasteiger partial charge is 0.497 e.